The number of hydrogen-bond donors (Lipinski definition) is 3. The molecule has 28 heavy (non-hydrogen) atoms. The van der Waals surface area contributed by atoms with Crippen molar-refractivity contribution in [3.05, 3.63) is 58.8 Å². The Labute approximate surface area is 173 Å². The Kier molecular flexibility index (Phi) is 5.78. The minimum Gasteiger partial charge on any atom is -0.351 e. The molecular weight excluding hydrogens is 395 g/mol. The Morgan fingerprint density at radius 3 is 2.43 bits per heavy atom. The molecule has 1 aromatic carbocycles. The number of halogens is 2. The topological polar surface area (TPSA) is 74.8 Å². The van der Waals surface area contributed by atoms with Gasteiger partial charge in [-0.15, -0.1) is 0 Å². The fourth-order valence-corrected chi connectivity index (χ4v) is 3.68. The van der Waals surface area contributed by atoms with Crippen molar-refractivity contribution < 1.29 is 0 Å². The van der Waals surface area contributed by atoms with Gasteiger partial charge in [0.1, 0.15) is 0 Å². The van der Waals surface area contributed by atoms with Crippen molar-refractivity contribution in [3.8, 4) is 11.3 Å². The van der Waals surface area contributed by atoms with Gasteiger partial charge in [-0.3, -0.25) is 15.8 Å². The molecule has 0 spiro atoms. The Hall–Kier alpha value is -2.57. The number of rotatable bonds is 6. The first-order valence-electron chi connectivity index (χ1n) is 9.20. The second kappa shape index (κ2) is 8.63. The van der Waals surface area contributed by atoms with E-state index in [0.717, 1.165) is 24.1 Å². The van der Waals surface area contributed by atoms with E-state index in [1.54, 1.807) is 30.6 Å². The second-order valence-electron chi connectivity index (χ2n) is 6.70. The van der Waals surface area contributed by atoms with Crippen LogP contribution in [-0.4, -0.2) is 21.0 Å². The first-order chi connectivity index (χ1) is 13.7. The zero-order valence-corrected chi connectivity index (χ0v) is 16.6. The van der Waals surface area contributed by atoms with Gasteiger partial charge >= 0.3 is 0 Å². The maximum atomic E-state index is 6.23. The van der Waals surface area contributed by atoms with E-state index in [4.69, 9.17) is 23.2 Å². The molecule has 2 heterocycles. The molecule has 1 saturated carbocycles. The van der Waals surface area contributed by atoms with E-state index in [-0.39, 0.29) is 0 Å². The number of nitrogens with one attached hydrogen (secondary N) is 3. The van der Waals surface area contributed by atoms with Gasteiger partial charge in [0.15, 0.2) is 5.82 Å². The number of hydrazine groups is 1. The van der Waals surface area contributed by atoms with Crippen LogP contribution in [0.25, 0.3) is 11.3 Å². The number of nitrogens with zero attached hydrogens (tertiary/aromatic N) is 3. The van der Waals surface area contributed by atoms with Crippen LogP contribution >= 0.6 is 23.2 Å². The molecule has 0 bridgehead atoms. The fraction of sp³-hybridized carbons (Fsp3) is 0.250. The van der Waals surface area contributed by atoms with E-state index in [9.17, 15) is 0 Å². The van der Waals surface area contributed by atoms with Gasteiger partial charge in [-0.05, 0) is 43.2 Å². The molecule has 1 fully saturated rings. The summed E-state index contributed by atoms with van der Waals surface area (Å²) in [6.07, 6.45) is 8.27. The van der Waals surface area contributed by atoms with Crippen LogP contribution in [0, 0.1) is 0 Å². The van der Waals surface area contributed by atoms with E-state index < -0.39 is 0 Å². The summed E-state index contributed by atoms with van der Waals surface area (Å²) in [4.78, 5) is 13.4. The van der Waals surface area contributed by atoms with Crippen LogP contribution < -0.4 is 16.2 Å². The summed E-state index contributed by atoms with van der Waals surface area (Å²) >= 11 is 12.2. The molecule has 1 aliphatic carbocycles. The van der Waals surface area contributed by atoms with Crippen molar-refractivity contribution in [2.75, 3.05) is 16.2 Å². The third-order valence-corrected chi connectivity index (χ3v) is 5.19. The summed E-state index contributed by atoms with van der Waals surface area (Å²) in [7, 11) is 0. The van der Waals surface area contributed by atoms with E-state index >= 15 is 0 Å². The SMILES string of the molecule is Clc1ccc(NNc2cc(-c3ccncc3)nc(NC3CCCC3)n2)c(Cl)c1. The maximum Gasteiger partial charge on any atom is 0.225 e. The van der Waals surface area contributed by atoms with Crippen molar-refractivity contribution >= 4 is 40.7 Å². The van der Waals surface area contributed by atoms with Crippen molar-refractivity contribution in [1.29, 1.82) is 0 Å². The zero-order valence-electron chi connectivity index (χ0n) is 15.1. The Morgan fingerprint density at radius 2 is 1.68 bits per heavy atom. The third kappa shape index (κ3) is 4.64. The standard InChI is InChI=1S/C20H20Cl2N6/c21-14-5-6-17(16(22)11-14)27-28-19-12-18(13-7-9-23-10-8-13)25-20(26-19)24-15-3-1-2-4-15/h5-12,15,27H,1-4H2,(H2,24,25,26,28). The quantitative estimate of drug-likeness (QED) is 0.453. The van der Waals surface area contributed by atoms with Gasteiger partial charge in [0.2, 0.25) is 5.95 Å². The average Bonchev–Trinajstić information content (AvgIpc) is 3.21. The Balaban J connectivity index is 1.59. The number of anilines is 3. The van der Waals surface area contributed by atoms with Crippen LogP contribution in [0.3, 0.4) is 0 Å². The molecule has 3 aromatic rings. The molecular formula is C20H20Cl2N6. The number of aromatic nitrogens is 3. The van der Waals surface area contributed by atoms with Crippen molar-refractivity contribution in [2.24, 2.45) is 0 Å². The van der Waals surface area contributed by atoms with Gasteiger partial charge in [0.25, 0.3) is 0 Å². The molecule has 0 amide bonds. The maximum absolute atomic E-state index is 6.23. The summed E-state index contributed by atoms with van der Waals surface area (Å²) in [5.41, 5.74) is 8.69. The van der Waals surface area contributed by atoms with Crippen molar-refractivity contribution in [1.82, 2.24) is 15.0 Å². The Bertz CT molecular complexity index is 945. The first kappa shape index (κ1) is 18.8. The highest BCUT2D eigenvalue weighted by Crippen LogP contribution is 2.27. The van der Waals surface area contributed by atoms with E-state index in [1.807, 2.05) is 18.2 Å². The van der Waals surface area contributed by atoms with Gasteiger partial charge < -0.3 is 5.32 Å². The minimum atomic E-state index is 0.416. The monoisotopic (exact) mass is 414 g/mol. The second-order valence-corrected chi connectivity index (χ2v) is 7.54. The average molecular weight is 415 g/mol. The minimum absolute atomic E-state index is 0.416. The number of benzene rings is 1. The first-order valence-corrected chi connectivity index (χ1v) is 9.96. The van der Waals surface area contributed by atoms with Gasteiger partial charge in [0.05, 0.1) is 16.4 Å². The van der Waals surface area contributed by atoms with E-state index in [0.29, 0.717) is 33.5 Å². The number of pyridine rings is 1. The lowest BCUT2D eigenvalue weighted by molar-refractivity contribution is 0.744. The highest BCUT2D eigenvalue weighted by atomic mass is 35.5. The summed E-state index contributed by atoms with van der Waals surface area (Å²) in [5, 5.41) is 4.56. The summed E-state index contributed by atoms with van der Waals surface area (Å²) in [6, 6.07) is 11.4. The Morgan fingerprint density at radius 1 is 0.893 bits per heavy atom. The van der Waals surface area contributed by atoms with E-state index in [2.05, 4.69) is 31.1 Å². The van der Waals surface area contributed by atoms with Crippen LogP contribution in [0.2, 0.25) is 10.0 Å². The molecule has 1 aliphatic rings. The lowest BCUT2D eigenvalue weighted by Gasteiger charge is -2.16. The summed E-state index contributed by atoms with van der Waals surface area (Å²) < 4.78 is 0. The van der Waals surface area contributed by atoms with Crippen LogP contribution in [0.5, 0.6) is 0 Å². The lowest BCUT2D eigenvalue weighted by Crippen LogP contribution is -2.18. The molecule has 0 saturated heterocycles. The lowest BCUT2D eigenvalue weighted by atomic mass is 10.2. The molecule has 6 nitrogen and oxygen atoms in total. The largest absolute Gasteiger partial charge is 0.351 e. The molecule has 0 atom stereocenters. The molecule has 0 aliphatic heterocycles. The van der Waals surface area contributed by atoms with Crippen LogP contribution in [0.15, 0.2) is 48.8 Å². The molecule has 144 valence electrons. The smallest absolute Gasteiger partial charge is 0.225 e. The van der Waals surface area contributed by atoms with Gasteiger partial charge in [-0.1, -0.05) is 36.0 Å². The van der Waals surface area contributed by atoms with Gasteiger partial charge in [0, 0.05) is 35.1 Å². The fourth-order valence-electron chi connectivity index (χ4n) is 3.22. The highest BCUT2D eigenvalue weighted by molar-refractivity contribution is 6.36. The molecule has 3 N–H and O–H groups in total. The van der Waals surface area contributed by atoms with E-state index in [1.165, 1.54) is 12.8 Å². The molecule has 4 rings (SSSR count). The van der Waals surface area contributed by atoms with Crippen molar-refractivity contribution in [3.63, 3.8) is 0 Å². The predicted octanol–water partition coefficient (Wildman–Crippen LogP) is 5.64. The van der Waals surface area contributed by atoms with Crippen LogP contribution in [-0.2, 0) is 0 Å². The summed E-state index contributed by atoms with van der Waals surface area (Å²) in [5.74, 6) is 1.24. The normalized spacial score (nSPS) is 14.1. The van der Waals surface area contributed by atoms with Crippen LogP contribution in [0.4, 0.5) is 17.5 Å². The molecule has 0 unspecified atom stereocenters. The van der Waals surface area contributed by atoms with Crippen molar-refractivity contribution in [2.45, 2.75) is 31.7 Å². The molecule has 0 radical (unpaired) electrons. The number of hydrogen-bond acceptors (Lipinski definition) is 6. The highest BCUT2D eigenvalue weighted by Gasteiger charge is 2.17. The zero-order chi connectivity index (χ0) is 19.3. The molecule has 2 aromatic heterocycles. The van der Waals surface area contributed by atoms with Crippen LogP contribution in [0.1, 0.15) is 25.7 Å². The predicted molar refractivity (Wildman–Crippen MR) is 115 cm³/mol. The van der Waals surface area contributed by atoms with Gasteiger partial charge in [-0.25, -0.2) is 4.98 Å². The summed E-state index contributed by atoms with van der Waals surface area (Å²) in [6.45, 7) is 0. The van der Waals surface area contributed by atoms with Gasteiger partial charge in [-0.2, -0.15) is 4.98 Å². The third-order valence-electron chi connectivity index (χ3n) is 4.65. The molecule has 8 heteroatoms.